The molecular formula is C12H13BrN2O2. The molecule has 0 amide bonds. The second kappa shape index (κ2) is 6.26. The quantitative estimate of drug-likeness (QED) is 0.876. The number of nitrogens with zero attached hydrogens (tertiary/aromatic N) is 1. The van der Waals surface area contributed by atoms with Crippen LogP contribution in [-0.4, -0.2) is 17.6 Å². The molecule has 0 fully saturated rings. The third-order valence-electron chi connectivity index (χ3n) is 2.42. The van der Waals surface area contributed by atoms with Crippen molar-refractivity contribution in [3.63, 3.8) is 0 Å². The van der Waals surface area contributed by atoms with Gasteiger partial charge in [-0.25, -0.2) is 0 Å². The van der Waals surface area contributed by atoms with E-state index in [1.165, 1.54) is 0 Å². The van der Waals surface area contributed by atoms with E-state index in [1.54, 1.807) is 19.1 Å². The van der Waals surface area contributed by atoms with Gasteiger partial charge in [0.05, 0.1) is 17.2 Å². The van der Waals surface area contributed by atoms with Crippen molar-refractivity contribution in [2.24, 2.45) is 5.92 Å². The maximum absolute atomic E-state index is 10.6. The minimum Gasteiger partial charge on any atom is -0.481 e. The lowest BCUT2D eigenvalue weighted by molar-refractivity contribution is -0.141. The molecule has 0 spiro atoms. The van der Waals surface area contributed by atoms with E-state index < -0.39 is 5.97 Å². The smallest absolute Gasteiger partial charge is 0.306 e. The zero-order valence-corrected chi connectivity index (χ0v) is 11.0. The summed E-state index contributed by atoms with van der Waals surface area (Å²) in [7, 11) is 0. The van der Waals surface area contributed by atoms with Crippen LogP contribution in [0.4, 0.5) is 5.69 Å². The summed E-state index contributed by atoms with van der Waals surface area (Å²) in [5.41, 5.74) is 1.27. The highest BCUT2D eigenvalue weighted by Crippen LogP contribution is 2.20. The molecule has 1 atom stereocenters. The molecule has 17 heavy (non-hydrogen) atoms. The fourth-order valence-corrected chi connectivity index (χ4v) is 1.67. The zero-order chi connectivity index (χ0) is 12.8. The minimum atomic E-state index is -0.803. The van der Waals surface area contributed by atoms with Gasteiger partial charge in [0, 0.05) is 11.0 Å². The molecule has 1 unspecified atom stereocenters. The molecule has 1 rings (SSSR count). The first-order valence-electron chi connectivity index (χ1n) is 5.21. The molecule has 4 nitrogen and oxygen atoms in total. The number of carboxylic acids is 1. The first kappa shape index (κ1) is 13.5. The topological polar surface area (TPSA) is 73.1 Å². The Bertz CT molecular complexity index is 454. The Labute approximate surface area is 108 Å². The largest absolute Gasteiger partial charge is 0.481 e. The summed E-state index contributed by atoms with van der Waals surface area (Å²) in [6.07, 6.45) is 0.524. The second-order valence-electron chi connectivity index (χ2n) is 3.76. The van der Waals surface area contributed by atoms with Crippen LogP contribution in [0.25, 0.3) is 0 Å². The number of nitrogens with one attached hydrogen (secondary N) is 1. The number of anilines is 1. The fraction of sp³-hybridized carbons (Fsp3) is 0.333. The van der Waals surface area contributed by atoms with Crippen LogP contribution in [0.2, 0.25) is 0 Å². The summed E-state index contributed by atoms with van der Waals surface area (Å²) in [4.78, 5) is 10.6. The van der Waals surface area contributed by atoms with Crippen LogP contribution in [0.5, 0.6) is 0 Å². The molecule has 0 aromatic heterocycles. The summed E-state index contributed by atoms with van der Waals surface area (Å²) in [5.74, 6) is -1.19. The number of aliphatic carboxylic acids is 1. The van der Waals surface area contributed by atoms with Crippen LogP contribution in [0.15, 0.2) is 22.7 Å². The molecule has 5 heteroatoms. The molecule has 0 heterocycles. The lowest BCUT2D eigenvalue weighted by atomic mass is 10.1. The molecule has 0 saturated carbocycles. The zero-order valence-electron chi connectivity index (χ0n) is 9.40. The fourth-order valence-electron chi connectivity index (χ4n) is 1.31. The summed E-state index contributed by atoms with van der Waals surface area (Å²) in [6, 6.07) is 7.45. The molecule has 0 aliphatic carbocycles. The van der Waals surface area contributed by atoms with Crippen molar-refractivity contribution < 1.29 is 9.90 Å². The van der Waals surface area contributed by atoms with E-state index in [9.17, 15) is 4.79 Å². The van der Waals surface area contributed by atoms with Gasteiger partial charge in [0.2, 0.25) is 0 Å². The molecular weight excluding hydrogens is 284 g/mol. The second-order valence-corrected chi connectivity index (χ2v) is 4.67. The Balaban J connectivity index is 2.58. The van der Waals surface area contributed by atoms with Crippen LogP contribution >= 0.6 is 15.9 Å². The number of hydrogen-bond donors (Lipinski definition) is 2. The molecule has 0 aliphatic rings. The highest BCUT2D eigenvalue weighted by atomic mass is 79.9. The van der Waals surface area contributed by atoms with Crippen molar-refractivity contribution in [1.29, 1.82) is 5.26 Å². The van der Waals surface area contributed by atoms with E-state index in [0.29, 0.717) is 18.5 Å². The number of benzene rings is 1. The molecule has 90 valence electrons. The van der Waals surface area contributed by atoms with Crippen molar-refractivity contribution in [3.05, 3.63) is 28.2 Å². The van der Waals surface area contributed by atoms with E-state index in [4.69, 9.17) is 10.4 Å². The molecule has 0 saturated heterocycles. The van der Waals surface area contributed by atoms with Gasteiger partial charge in [-0.05, 0) is 24.6 Å². The Morgan fingerprint density at radius 1 is 1.65 bits per heavy atom. The van der Waals surface area contributed by atoms with Gasteiger partial charge in [-0.2, -0.15) is 5.26 Å². The molecule has 1 aromatic rings. The normalized spacial score (nSPS) is 11.6. The number of hydrogen-bond acceptors (Lipinski definition) is 3. The molecule has 0 aliphatic heterocycles. The average molecular weight is 297 g/mol. The minimum absolute atomic E-state index is 0.386. The first-order valence-corrected chi connectivity index (χ1v) is 6.00. The standard InChI is InChI=1S/C12H13BrN2O2/c1-8(12(16)17)4-5-15-11-3-2-10(13)6-9(11)7-14/h2-3,6,8,15H,4-5H2,1H3,(H,16,17). The predicted molar refractivity (Wildman–Crippen MR) is 68.8 cm³/mol. The number of halogens is 1. The lowest BCUT2D eigenvalue weighted by Crippen LogP contribution is -2.14. The number of carbonyl (C=O) groups is 1. The van der Waals surface area contributed by atoms with Crippen LogP contribution in [0, 0.1) is 17.2 Å². The average Bonchev–Trinajstić information content (AvgIpc) is 2.30. The summed E-state index contributed by atoms with van der Waals surface area (Å²) in [6.45, 7) is 2.20. The Kier molecular flexibility index (Phi) is 4.98. The van der Waals surface area contributed by atoms with Crippen LogP contribution in [0.3, 0.4) is 0 Å². The van der Waals surface area contributed by atoms with Crippen molar-refractivity contribution in [3.8, 4) is 6.07 Å². The van der Waals surface area contributed by atoms with E-state index in [0.717, 1.165) is 10.2 Å². The van der Waals surface area contributed by atoms with E-state index in [-0.39, 0.29) is 5.92 Å². The number of nitriles is 1. The van der Waals surface area contributed by atoms with Gasteiger partial charge in [0.1, 0.15) is 6.07 Å². The Morgan fingerprint density at radius 2 is 2.35 bits per heavy atom. The van der Waals surface area contributed by atoms with Crippen molar-refractivity contribution in [2.75, 3.05) is 11.9 Å². The van der Waals surface area contributed by atoms with E-state index in [2.05, 4.69) is 27.3 Å². The molecule has 0 radical (unpaired) electrons. The number of rotatable bonds is 5. The molecule has 0 bridgehead atoms. The van der Waals surface area contributed by atoms with Crippen LogP contribution < -0.4 is 5.32 Å². The molecule has 1 aromatic carbocycles. The number of carboxylic acid groups (broad SMARTS) is 1. The summed E-state index contributed by atoms with van der Waals surface area (Å²) in [5, 5.41) is 20.7. The van der Waals surface area contributed by atoms with Crippen molar-refractivity contribution in [2.45, 2.75) is 13.3 Å². The summed E-state index contributed by atoms with van der Waals surface area (Å²) < 4.78 is 0.846. The van der Waals surface area contributed by atoms with E-state index >= 15 is 0 Å². The summed E-state index contributed by atoms with van der Waals surface area (Å²) >= 11 is 3.29. The van der Waals surface area contributed by atoms with Gasteiger partial charge >= 0.3 is 5.97 Å². The monoisotopic (exact) mass is 296 g/mol. The Hall–Kier alpha value is -1.54. The maximum Gasteiger partial charge on any atom is 0.306 e. The Morgan fingerprint density at radius 3 is 2.94 bits per heavy atom. The third kappa shape index (κ3) is 4.08. The third-order valence-corrected chi connectivity index (χ3v) is 2.91. The van der Waals surface area contributed by atoms with Crippen LogP contribution in [-0.2, 0) is 4.79 Å². The highest BCUT2D eigenvalue weighted by molar-refractivity contribution is 9.10. The van der Waals surface area contributed by atoms with Crippen molar-refractivity contribution >= 4 is 27.6 Å². The lowest BCUT2D eigenvalue weighted by Gasteiger charge is -2.10. The predicted octanol–water partition coefficient (Wildman–Crippen LogP) is 2.84. The van der Waals surface area contributed by atoms with E-state index in [1.807, 2.05) is 6.07 Å². The van der Waals surface area contributed by atoms with Gasteiger partial charge in [0.15, 0.2) is 0 Å². The van der Waals surface area contributed by atoms with Gasteiger partial charge in [0.25, 0.3) is 0 Å². The molecule has 2 N–H and O–H groups in total. The maximum atomic E-state index is 10.6. The first-order chi connectivity index (χ1) is 8.04. The van der Waals surface area contributed by atoms with Crippen molar-refractivity contribution in [1.82, 2.24) is 0 Å². The van der Waals surface area contributed by atoms with Gasteiger partial charge in [-0.15, -0.1) is 0 Å². The van der Waals surface area contributed by atoms with Crippen LogP contribution in [0.1, 0.15) is 18.9 Å². The highest BCUT2D eigenvalue weighted by Gasteiger charge is 2.10. The van der Waals surface area contributed by atoms with Gasteiger partial charge < -0.3 is 10.4 Å². The van der Waals surface area contributed by atoms with Gasteiger partial charge in [-0.3, -0.25) is 4.79 Å². The van der Waals surface area contributed by atoms with Gasteiger partial charge in [-0.1, -0.05) is 22.9 Å². The SMILES string of the molecule is CC(CCNc1ccc(Br)cc1C#N)C(=O)O.